The molecule has 0 bridgehead atoms. The van der Waals surface area contributed by atoms with Gasteiger partial charge in [0, 0.05) is 32.4 Å². The van der Waals surface area contributed by atoms with Crippen LogP contribution in [0.2, 0.25) is 0 Å². The number of aryl methyl sites for hydroxylation is 1. The predicted octanol–water partition coefficient (Wildman–Crippen LogP) is 1.11. The number of hydrogen-bond acceptors (Lipinski definition) is 3. The van der Waals surface area contributed by atoms with Gasteiger partial charge in [-0.05, 0) is 19.9 Å². The lowest BCUT2D eigenvalue weighted by molar-refractivity contribution is -0.137. The quantitative estimate of drug-likeness (QED) is 0.787. The Kier molecular flexibility index (Phi) is 4.49. The summed E-state index contributed by atoms with van der Waals surface area (Å²) in [5.74, 6) is -0.758. The van der Waals surface area contributed by atoms with Crippen LogP contribution in [0.1, 0.15) is 26.0 Å². The Balaban J connectivity index is 2.54. The Bertz CT molecular complexity index is 347. The van der Waals surface area contributed by atoms with E-state index in [0.29, 0.717) is 19.1 Å². The number of carboxylic acid groups (broad SMARTS) is 1. The third kappa shape index (κ3) is 4.02. The van der Waals surface area contributed by atoms with Crippen LogP contribution in [0, 0.1) is 0 Å². The second kappa shape index (κ2) is 5.65. The highest BCUT2D eigenvalue weighted by Gasteiger charge is 2.12. The zero-order valence-electron chi connectivity index (χ0n) is 10.1. The van der Waals surface area contributed by atoms with E-state index in [-0.39, 0.29) is 6.42 Å². The average molecular weight is 225 g/mol. The normalized spacial score (nSPS) is 11.3. The molecule has 1 rings (SSSR count). The average Bonchev–Trinajstić information content (AvgIpc) is 2.57. The molecule has 0 aromatic carbocycles. The number of aliphatic carboxylic acids is 1. The minimum atomic E-state index is -0.758. The van der Waals surface area contributed by atoms with Gasteiger partial charge in [-0.1, -0.05) is 0 Å². The molecule has 0 radical (unpaired) electrons. The molecular weight excluding hydrogens is 206 g/mol. The first-order chi connectivity index (χ1) is 7.49. The van der Waals surface area contributed by atoms with Gasteiger partial charge in [-0.15, -0.1) is 0 Å². The number of carbonyl (C=O) groups is 1. The molecule has 0 fully saturated rings. The zero-order valence-corrected chi connectivity index (χ0v) is 10.1. The monoisotopic (exact) mass is 225 g/mol. The maximum atomic E-state index is 10.5. The summed E-state index contributed by atoms with van der Waals surface area (Å²) in [6.45, 7) is 5.38. The fourth-order valence-corrected chi connectivity index (χ4v) is 1.51. The van der Waals surface area contributed by atoms with E-state index in [4.69, 9.17) is 5.11 Å². The zero-order chi connectivity index (χ0) is 12.1. The maximum absolute atomic E-state index is 10.5. The van der Waals surface area contributed by atoms with Gasteiger partial charge in [0.05, 0.1) is 12.1 Å². The number of hydrogen-bond donors (Lipinski definition) is 1. The van der Waals surface area contributed by atoms with Gasteiger partial charge in [-0.25, -0.2) is 0 Å². The van der Waals surface area contributed by atoms with Crippen molar-refractivity contribution in [2.75, 3.05) is 6.54 Å². The lowest BCUT2D eigenvalue weighted by atomic mass is 10.2. The number of carboxylic acids is 1. The van der Waals surface area contributed by atoms with Crippen LogP contribution in [0.4, 0.5) is 0 Å². The van der Waals surface area contributed by atoms with Crippen LogP contribution in [0.15, 0.2) is 12.3 Å². The van der Waals surface area contributed by atoms with Gasteiger partial charge < -0.3 is 5.11 Å². The third-order valence-electron chi connectivity index (χ3n) is 2.48. The Morgan fingerprint density at radius 2 is 2.31 bits per heavy atom. The van der Waals surface area contributed by atoms with Crippen LogP contribution >= 0.6 is 0 Å². The summed E-state index contributed by atoms with van der Waals surface area (Å²) in [6, 6.07) is 2.28. The van der Waals surface area contributed by atoms with Gasteiger partial charge in [0.1, 0.15) is 0 Å². The summed E-state index contributed by atoms with van der Waals surface area (Å²) in [5, 5.41) is 13.0. The predicted molar refractivity (Wildman–Crippen MR) is 61.0 cm³/mol. The van der Waals surface area contributed by atoms with E-state index in [1.807, 2.05) is 19.3 Å². The molecule has 0 amide bonds. The largest absolute Gasteiger partial charge is 0.481 e. The van der Waals surface area contributed by atoms with E-state index in [2.05, 4.69) is 23.8 Å². The van der Waals surface area contributed by atoms with Crippen LogP contribution in [0.25, 0.3) is 0 Å². The first-order valence-corrected chi connectivity index (χ1v) is 5.43. The summed E-state index contributed by atoms with van der Waals surface area (Å²) < 4.78 is 1.75. The molecule has 0 saturated heterocycles. The lowest BCUT2D eigenvalue weighted by Gasteiger charge is -2.24. The van der Waals surface area contributed by atoms with E-state index in [9.17, 15) is 4.79 Å². The molecule has 1 heterocycles. The lowest BCUT2D eigenvalue weighted by Crippen LogP contribution is -2.32. The number of aromatic nitrogens is 2. The molecule has 1 N–H and O–H groups in total. The molecule has 0 saturated carbocycles. The van der Waals surface area contributed by atoms with Crippen LogP contribution in [0.3, 0.4) is 0 Å². The molecular formula is C11H19N3O2. The highest BCUT2D eigenvalue weighted by atomic mass is 16.4. The smallest absolute Gasteiger partial charge is 0.304 e. The van der Waals surface area contributed by atoms with Crippen molar-refractivity contribution in [3.63, 3.8) is 0 Å². The molecule has 0 aliphatic rings. The van der Waals surface area contributed by atoms with Crippen molar-refractivity contribution in [3.8, 4) is 0 Å². The molecule has 1 aromatic rings. The fourth-order valence-electron chi connectivity index (χ4n) is 1.51. The van der Waals surface area contributed by atoms with Crippen molar-refractivity contribution in [1.29, 1.82) is 0 Å². The van der Waals surface area contributed by atoms with E-state index in [0.717, 1.165) is 5.69 Å². The van der Waals surface area contributed by atoms with Gasteiger partial charge >= 0.3 is 5.97 Å². The second-order valence-corrected chi connectivity index (χ2v) is 4.19. The van der Waals surface area contributed by atoms with Crippen molar-refractivity contribution in [2.24, 2.45) is 7.05 Å². The topological polar surface area (TPSA) is 58.4 Å². The van der Waals surface area contributed by atoms with Gasteiger partial charge in [0.15, 0.2) is 0 Å². The molecule has 0 unspecified atom stereocenters. The summed E-state index contributed by atoms with van der Waals surface area (Å²) in [6.07, 6.45) is 2.07. The van der Waals surface area contributed by atoms with Gasteiger partial charge in [-0.2, -0.15) is 5.10 Å². The molecule has 0 aliphatic heterocycles. The Morgan fingerprint density at radius 3 is 2.75 bits per heavy atom. The Hall–Kier alpha value is -1.36. The first-order valence-electron chi connectivity index (χ1n) is 5.43. The molecule has 1 aromatic heterocycles. The molecule has 0 aliphatic carbocycles. The minimum Gasteiger partial charge on any atom is -0.481 e. The van der Waals surface area contributed by atoms with E-state index < -0.39 is 5.97 Å². The SMILES string of the molecule is CC(C)N(CCC(=O)O)Cc1ccn(C)n1. The highest BCUT2D eigenvalue weighted by Crippen LogP contribution is 2.06. The fraction of sp³-hybridized carbons (Fsp3) is 0.636. The second-order valence-electron chi connectivity index (χ2n) is 4.19. The third-order valence-corrected chi connectivity index (χ3v) is 2.48. The van der Waals surface area contributed by atoms with Crippen LogP contribution in [0.5, 0.6) is 0 Å². The summed E-state index contributed by atoms with van der Waals surface area (Å²) in [5.41, 5.74) is 0.974. The molecule has 0 atom stereocenters. The van der Waals surface area contributed by atoms with Crippen LogP contribution in [-0.2, 0) is 18.4 Å². The molecule has 0 spiro atoms. The standard InChI is InChI=1S/C11H19N3O2/c1-9(2)14(7-5-11(15)16)8-10-4-6-13(3)12-10/h4,6,9H,5,7-8H2,1-3H3,(H,15,16). The molecule has 16 heavy (non-hydrogen) atoms. The van der Waals surface area contributed by atoms with Crippen molar-refractivity contribution in [2.45, 2.75) is 32.9 Å². The molecule has 5 heteroatoms. The number of nitrogens with zero attached hydrogens (tertiary/aromatic N) is 3. The van der Waals surface area contributed by atoms with Gasteiger partial charge in [0.25, 0.3) is 0 Å². The Labute approximate surface area is 95.7 Å². The van der Waals surface area contributed by atoms with Crippen molar-refractivity contribution in [1.82, 2.24) is 14.7 Å². The first kappa shape index (κ1) is 12.7. The number of rotatable bonds is 6. The maximum Gasteiger partial charge on any atom is 0.304 e. The van der Waals surface area contributed by atoms with Crippen molar-refractivity contribution < 1.29 is 9.90 Å². The minimum absolute atomic E-state index is 0.172. The summed E-state index contributed by atoms with van der Waals surface area (Å²) >= 11 is 0. The van der Waals surface area contributed by atoms with E-state index in [1.54, 1.807) is 4.68 Å². The van der Waals surface area contributed by atoms with Crippen molar-refractivity contribution in [3.05, 3.63) is 18.0 Å². The van der Waals surface area contributed by atoms with Crippen LogP contribution in [-0.4, -0.2) is 38.3 Å². The summed E-state index contributed by atoms with van der Waals surface area (Å²) in [7, 11) is 1.88. The molecule has 90 valence electrons. The van der Waals surface area contributed by atoms with E-state index >= 15 is 0 Å². The van der Waals surface area contributed by atoms with Crippen LogP contribution < -0.4 is 0 Å². The van der Waals surface area contributed by atoms with Gasteiger partial charge in [0.2, 0.25) is 0 Å². The van der Waals surface area contributed by atoms with E-state index in [1.165, 1.54) is 0 Å². The van der Waals surface area contributed by atoms with Gasteiger partial charge in [-0.3, -0.25) is 14.4 Å². The molecule has 5 nitrogen and oxygen atoms in total. The summed E-state index contributed by atoms with van der Waals surface area (Å²) in [4.78, 5) is 12.6. The highest BCUT2D eigenvalue weighted by molar-refractivity contribution is 5.66. The Morgan fingerprint density at radius 1 is 1.62 bits per heavy atom. The van der Waals surface area contributed by atoms with Crippen molar-refractivity contribution >= 4 is 5.97 Å².